The molecule has 4 nitrogen and oxygen atoms in total. The Bertz CT molecular complexity index is 552. The van der Waals surface area contributed by atoms with Crippen molar-refractivity contribution in [1.82, 2.24) is 0 Å². The van der Waals surface area contributed by atoms with Crippen molar-refractivity contribution in [3.8, 4) is 0 Å². The lowest BCUT2D eigenvalue weighted by atomic mass is 10.2. The monoisotopic (exact) mass is 314 g/mol. The van der Waals surface area contributed by atoms with Crippen LogP contribution in [0.1, 0.15) is 25.0 Å². The highest BCUT2D eigenvalue weighted by atomic mass is 16.7. The van der Waals surface area contributed by atoms with Crippen LogP contribution in [0.3, 0.4) is 0 Å². The maximum atomic E-state index is 12.2. The maximum Gasteiger partial charge on any atom is 0.366 e. The number of benzene rings is 2. The van der Waals surface area contributed by atoms with E-state index in [4.69, 9.17) is 14.2 Å². The molecule has 0 fully saturated rings. The molecule has 0 amide bonds. The first kappa shape index (κ1) is 17.2. The zero-order valence-corrected chi connectivity index (χ0v) is 13.5. The molecule has 2 aromatic rings. The minimum absolute atomic E-state index is 0.269. The van der Waals surface area contributed by atoms with Crippen molar-refractivity contribution in [1.29, 1.82) is 0 Å². The molecule has 0 aliphatic carbocycles. The van der Waals surface area contributed by atoms with Crippen LogP contribution < -0.4 is 0 Å². The average Bonchev–Trinajstić information content (AvgIpc) is 2.60. The van der Waals surface area contributed by atoms with Gasteiger partial charge in [0.05, 0.1) is 19.8 Å². The number of hydrogen-bond donors (Lipinski definition) is 0. The molecule has 0 aliphatic rings. The average molecular weight is 314 g/mol. The summed E-state index contributed by atoms with van der Waals surface area (Å²) in [6, 6.07) is 19.3. The van der Waals surface area contributed by atoms with Crippen LogP contribution in [0.5, 0.6) is 0 Å². The molecule has 2 aromatic carbocycles. The van der Waals surface area contributed by atoms with Gasteiger partial charge >= 0.3 is 5.97 Å². The predicted octanol–water partition coefficient (Wildman–Crippen LogP) is 3.70. The van der Waals surface area contributed by atoms with Crippen molar-refractivity contribution in [3.63, 3.8) is 0 Å². The predicted molar refractivity (Wildman–Crippen MR) is 87.5 cm³/mol. The Hall–Kier alpha value is -2.17. The second-order valence-electron chi connectivity index (χ2n) is 5.21. The van der Waals surface area contributed by atoms with Gasteiger partial charge in [0.1, 0.15) is 0 Å². The normalized spacial score (nSPS) is 11.2. The van der Waals surface area contributed by atoms with E-state index in [2.05, 4.69) is 0 Å². The van der Waals surface area contributed by atoms with Gasteiger partial charge in [-0.05, 0) is 18.1 Å². The Morgan fingerprint density at radius 3 is 1.70 bits per heavy atom. The Labute approximate surface area is 137 Å². The molecule has 0 aliphatic heterocycles. The van der Waals surface area contributed by atoms with Crippen molar-refractivity contribution < 1.29 is 19.0 Å². The number of hydrogen-bond acceptors (Lipinski definition) is 4. The van der Waals surface area contributed by atoms with Crippen LogP contribution in [-0.4, -0.2) is 18.4 Å². The molecule has 0 bridgehead atoms. The zero-order valence-electron chi connectivity index (χ0n) is 13.5. The van der Waals surface area contributed by atoms with E-state index in [1.165, 1.54) is 0 Å². The summed E-state index contributed by atoms with van der Waals surface area (Å²) in [6.07, 6.45) is 0. The highest BCUT2D eigenvalue weighted by Gasteiger charge is 2.37. The zero-order chi connectivity index (χ0) is 16.5. The van der Waals surface area contributed by atoms with Crippen molar-refractivity contribution >= 4 is 5.97 Å². The molecule has 0 saturated carbocycles. The van der Waals surface area contributed by atoms with Crippen LogP contribution in [0, 0.1) is 0 Å². The molecular weight excluding hydrogens is 292 g/mol. The van der Waals surface area contributed by atoms with Crippen LogP contribution in [0.15, 0.2) is 60.7 Å². The van der Waals surface area contributed by atoms with Crippen molar-refractivity contribution in [3.05, 3.63) is 71.8 Å². The van der Waals surface area contributed by atoms with Gasteiger partial charge < -0.3 is 14.2 Å². The maximum absolute atomic E-state index is 12.2. The minimum Gasteiger partial charge on any atom is -0.462 e. The summed E-state index contributed by atoms with van der Waals surface area (Å²) in [5, 5.41) is 0. The standard InChI is InChI=1S/C19H22O4/c1-3-21-18(20)19(2,22-14-16-10-6-4-7-11-16)23-15-17-12-8-5-9-13-17/h4-13H,3,14-15H2,1-2H3. The molecule has 0 unspecified atom stereocenters. The third kappa shape index (κ3) is 5.20. The van der Waals surface area contributed by atoms with Gasteiger partial charge in [0, 0.05) is 6.92 Å². The van der Waals surface area contributed by atoms with Crippen LogP contribution in [0.2, 0.25) is 0 Å². The highest BCUT2D eigenvalue weighted by molar-refractivity contribution is 5.77. The van der Waals surface area contributed by atoms with Crippen LogP contribution in [0.4, 0.5) is 0 Å². The highest BCUT2D eigenvalue weighted by Crippen LogP contribution is 2.20. The molecule has 122 valence electrons. The first-order valence-electron chi connectivity index (χ1n) is 7.67. The van der Waals surface area contributed by atoms with E-state index in [0.717, 1.165) is 11.1 Å². The lowest BCUT2D eigenvalue weighted by Gasteiger charge is -2.27. The largest absolute Gasteiger partial charge is 0.462 e. The van der Waals surface area contributed by atoms with E-state index >= 15 is 0 Å². The summed E-state index contributed by atoms with van der Waals surface area (Å²) >= 11 is 0. The van der Waals surface area contributed by atoms with Gasteiger partial charge in [-0.25, -0.2) is 4.79 Å². The molecule has 4 heteroatoms. The summed E-state index contributed by atoms with van der Waals surface area (Å²) in [5.41, 5.74) is 1.93. The minimum atomic E-state index is -1.44. The number of ether oxygens (including phenoxy) is 3. The van der Waals surface area contributed by atoms with E-state index in [1.54, 1.807) is 13.8 Å². The van der Waals surface area contributed by atoms with Gasteiger partial charge in [-0.15, -0.1) is 0 Å². The summed E-state index contributed by atoms with van der Waals surface area (Å²) in [7, 11) is 0. The fourth-order valence-corrected chi connectivity index (χ4v) is 2.01. The van der Waals surface area contributed by atoms with Gasteiger partial charge in [0.25, 0.3) is 5.79 Å². The lowest BCUT2D eigenvalue weighted by Crippen LogP contribution is -2.42. The Kier molecular flexibility index (Phi) is 6.32. The molecule has 2 rings (SSSR count). The summed E-state index contributed by atoms with van der Waals surface area (Å²) in [5.74, 6) is -1.96. The molecule has 0 saturated heterocycles. The smallest absolute Gasteiger partial charge is 0.366 e. The van der Waals surface area contributed by atoms with Crippen molar-refractivity contribution in [2.45, 2.75) is 32.8 Å². The Morgan fingerprint density at radius 1 is 0.870 bits per heavy atom. The van der Waals surface area contributed by atoms with Gasteiger partial charge in [-0.2, -0.15) is 0 Å². The quantitative estimate of drug-likeness (QED) is 0.550. The van der Waals surface area contributed by atoms with Gasteiger partial charge in [-0.1, -0.05) is 60.7 Å². The number of carbonyl (C=O) groups excluding carboxylic acids is 1. The van der Waals surface area contributed by atoms with E-state index in [0.29, 0.717) is 0 Å². The van der Waals surface area contributed by atoms with Crippen molar-refractivity contribution in [2.75, 3.05) is 6.61 Å². The topological polar surface area (TPSA) is 44.8 Å². The molecule has 23 heavy (non-hydrogen) atoms. The van der Waals surface area contributed by atoms with E-state index in [1.807, 2.05) is 60.7 Å². The van der Waals surface area contributed by atoms with E-state index < -0.39 is 11.8 Å². The molecule has 0 atom stereocenters. The number of esters is 1. The second kappa shape index (κ2) is 8.46. The first-order valence-corrected chi connectivity index (χ1v) is 7.67. The molecular formula is C19H22O4. The summed E-state index contributed by atoms with van der Waals surface area (Å²) < 4.78 is 16.6. The first-order chi connectivity index (χ1) is 11.1. The third-order valence-corrected chi connectivity index (χ3v) is 3.36. The van der Waals surface area contributed by atoms with E-state index in [-0.39, 0.29) is 19.8 Å². The van der Waals surface area contributed by atoms with E-state index in [9.17, 15) is 4.79 Å². The number of rotatable bonds is 8. The Balaban J connectivity index is 2.03. The van der Waals surface area contributed by atoms with Crippen LogP contribution >= 0.6 is 0 Å². The van der Waals surface area contributed by atoms with Gasteiger partial charge in [0.15, 0.2) is 0 Å². The van der Waals surface area contributed by atoms with Crippen molar-refractivity contribution in [2.24, 2.45) is 0 Å². The molecule has 0 N–H and O–H groups in total. The SMILES string of the molecule is CCOC(=O)C(C)(OCc1ccccc1)OCc1ccccc1. The third-order valence-electron chi connectivity index (χ3n) is 3.36. The van der Waals surface area contributed by atoms with Crippen LogP contribution in [0.25, 0.3) is 0 Å². The molecule has 0 spiro atoms. The van der Waals surface area contributed by atoms with Crippen LogP contribution in [-0.2, 0) is 32.2 Å². The summed E-state index contributed by atoms with van der Waals surface area (Å²) in [4.78, 5) is 12.2. The second-order valence-corrected chi connectivity index (χ2v) is 5.21. The van der Waals surface area contributed by atoms with Gasteiger partial charge in [0.2, 0.25) is 0 Å². The summed E-state index contributed by atoms with van der Waals surface area (Å²) in [6.45, 7) is 4.16. The number of carbonyl (C=O) groups is 1. The fraction of sp³-hybridized carbons (Fsp3) is 0.316. The molecule has 0 aromatic heterocycles. The molecule has 0 heterocycles. The van der Waals surface area contributed by atoms with Gasteiger partial charge in [-0.3, -0.25) is 0 Å². The fourth-order valence-electron chi connectivity index (χ4n) is 2.01. The molecule has 0 radical (unpaired) electrons. The lowest BCUT2D eigenvalue weighted by molar-refractivity contribution is -0.249. The Morgan fingerprint density at radius 2 is 1.30 bits per heavy atom.